The van der Waals surface area contributed by atoms with E-state index >= 15 is 0 Å². The van der Waals surface area contributed by atoms with Gasteiger partial charge < -0.3 is 29.5 Å². The summed E-state index contributed by atoms with van der Waals surface area (Å²) in [6.45, 7) is 5.19. The Labute approximate surface area is 244 Å². The number of aryl methyl sites for hydroxylation is 1. The van der Waals surface area contributed by atoms with Crippen molar-refractivity contribution in [2.45, 2.75) is 48.4 Å². The highest BCUT2D eigenvalue weighted by molar-refractivity contribution is 7.86. The third kappa shape index (κ3) is 6.82. The van der Waals surface area contributed by atoms with Crippen molar-refractivity contribution in [2.75, 3.05) is 20.3 Å². The van der Waals surface area contributed by atoms with Gasteiger partial charge in [0.15, 0.2) is 0 Å². The van der Waals surface area contributed by atoms with Crippen LogP contribution in [-0.4, -0.2) is 68.5 Å². The predicted molar refractivity (Wildman–Crippen MR) is 152 cm³/mol. The molecular formula is C30H33ClO9S. The van der Waals surface area contributed by atoms with Crippen molar-refractivity contribution < 1.29 is 42.1 Å². The van der Waals surface area contributed by atoms with Gasteiger partial charge in [-0.2, -0.15) is 8.42 Å². The number of ether oxygens (including phenoxy) is 3. The monoisotopic (exact) mass is 604 g/mol. The lowest BCUT2D eigenvalue weighted by molar-refractivity contribution is -0.365. The lowest BCUT2D eigenvalue weighted by Crippen LogP contribution is -2.64. The van der Waals surface area contributed by atoms with Crippen LogP contribution in [0, 0.1) is 6.92 Å². The summed E-state index contributed by atoms with van der Waals surface area (Å²) in [5.41, 5.74) is 2.77. The molecule has 0 aromatic heterocycles. The van der Waals surface area contributed by atoms with Crippen LogP contribution < -0.4 is 4.74 Å². The Balaban J connectivity index is 1.58. The van der Waals surface area contributed by atoms with Gasteiger partial charge in [0.2, 0.25) is 5.79 Å². The molecule has 3 aromatic carbocycles. The van der Waals surface area contributed by atoms with E-state index in [4.69, 9.17) is 30.0 Å². The van der Waals surface area contributed by atoms with Crippen LogP contribution in [0.4, 0.5) is 0 Å². The number of benzene rings is 3. The fraction of sp³-hybridized carbons (Fsp3) is 0.333. The summed E-state index contributed by atoms with van der Waals surface area (Å²) in [4.78, 5) is -0.0744. The summed E-state index contributed by atoms with van der Waals surface area (Å²) >= 11 is 6.50. The molecule has 1 heterocycles. The van der Waals surface area contributed by atoms with Gasteiger partial charge in [-0.1, -0.05) is 60.2 Å². The first-order chi connectivity index (χ1) is 19.5. The van der Waals surface area contributed by atoms with E-state index in [0.29, 0.717) is 34.9 Å². The van der Waals surface area contributed by atoms with Gasteiger partial charge >= 0.3 is 0 Å². The molecule has 9 nitrogen and oxygen atoms in total. The summed E-state index contributed by atoms with van der Waals surface area (Å²) in [5, 5.41) is 32.9. The fourth-order valence-electron chi connectivity index (χ4n) is 4.59. The molecule has 220 valence electrons. The van der Waals surface area contributed by atoms with Crippen LogP contribution >= 0.6 is 11.6 Å². The number of aliphatic hydroxyl groups excluding tert-OH is 3. The highest BCUT2D eigenvalue weighted by Crippen LogP contribution is 2.41. The van der Waals surface area contributed by atoms with Crippen molar-refractivity contribution in [1.29, 1.82) is 0 Å². The minimum atomic E-state index is -4.20. The number of rotatable bonds is 11. The van der Waals surface area contributed by atoms with Gasteiger partial charge in [-0.05, 0) is 60.9 Å². The molecule has 0 spiro atoms. The van der Waals surface area contributed by atoms with Crippen molar-refractivity contribution in [3.63, 3.8) is 0 Å². The number of methoxy groups -OCH3 is 1. The zero-order valence-electron chi connectivity index (χ0n) is 22.6. The fourth-order valence-corrected chi connectivity index (χ4v) is 5.69. The standard InChI is InChI=1S/C30H33ClO9S/c1-4-15-38-23-10-7-20(8-11-23)16-21-17-22(9-14-25(21)31)30(37-3)29(34)28(33)27(32)26(40-30)18-39-41(35,36)24-12-5-19(2)6-13-24/h4-14,17,26-29,32-34H,1,15-16,18H2,2-3H3. The second kappa shape index (κ2) is 13.0. The molecule has 11 heteroatoms. The molecule has 1 saturated heterocycles. The quantitative estimate of drug-likeness (QED) is 0.222. The Hall–Kier alpha value is -2.80. The minimum Gasteiger partial charge on any atom is -0.490 e. The van der Waals surface area contributed by atoms with E-state index in [1.807, 2.05) is 31.2 Å². The summed E-state index contributed by atoms with van der Waals surface area (Å²) in [7, 11) is -2.93. The van der Waals surface area contributed by atoms with E-state index < -0.39 is 46.9 Å². The molecule has 0 amide bonds. The van der Waals surface area contributed by atoms with E-state index in [9.17, 15) is 23.7 Å². The van der Waals surface area contributed by atoms with Gasteiger partial charge in [0.1, 0.15) is 36.8 Å². The normalized spacial score (nSPS) is 24.6. The minimum absolute atomic E-state index is 0.0744. The maximum absolute atomic E-state index is 12.7. The Bertz CT molecular complexity index is 1440. The van der Waals surface area contributed by atoms with Crippen molar-refractivity contribution in [3.8, 4) is 5.75 Å². The van der Waals surface area contributed by atoms with Crippen LogP contribution in [0.15, 0.2) is 84.3 Å². The topological polar surface area (TPSA) is 132 Å². The maximum atomic E-state index is 12.7. The van der Waals surface area contributed by atoms with E-state index in [-0.39, 0.29) is 4.90 Å². The zero-order chi connectivity index (χ0) is 29.8. The van der Waals surface area contributed by atoms with Gasteiger partial charge in [0.05, 0.1) is 11.5 Å². The van der Waals surface area contributed by atoms with E-state index in [1.165, 1.54) is 19.2 Å². The van der Waals surface area contributed by atoms with Crippen molar-refractivity contribution in [1.82, 2.24) is 0 Å². The van der Waals surface area contributed by atoms with E-state index in [1.54, 1.807) is 36.4 Å². The van der Waals surface area contributed by atoms with Crippen LogP contribution in [0.25, 0.3) is 0 Å². The first-order valence-corrected chi connectivity index (χ1v) is 14.6. The largest absolute Gasteiger partial charge is 0.490 e. The molecule has 4 rings (SSSR count). The van der Waals surface area contributed by atoms with Gasteiger partial charge in [0.25, 0.3) is 10.1 Å². The number of hydrogen-bond donors (Lipinski definition) is 3. The second-order valence-electron chi connectivity index (χ2n) is 9.73. The average Bonchev–Trinajstić information content (AvgIpc) is 2.97. The first-order valence-electron chi connectivity index (χ1n) is 12.9. The lowest BCUT2D eigenvalue weighted by Gasteiger charge is -2.48. The van der Waals surface area contributed by atoms with Crippen LogP contribution in [0.1, 0.15) is 22.3 Å². The molecule has 0 aliphatic carbocycles. The predicted octanol–water partition coefficient (Wildman–Crippen LogP) is 3.49. The molecule has 3 N–H and O–H groups in total. The molecular weight excluding hydrogens is 572 g/mol. The molecule has 0 saturated carbocycles. The SMILES string of the molecule is C=CCOc1ccc(Cc2cc(C3(OC)OC(COS(=O)(=O)c4ccc(C)cc4)C(O)C(O)C3O)ccc2Cl)cc1. The second-order valence-corrected chi connectivity index (χ2v) is 11.8. The summed E-state index contributed by atoms with van der Waals surface area (Å²) in [6.07, 6.45) is -4.46. The van der Waals surface area contributed by atoms with Gasteiger partial charge in [0, 0.05) is 17.7 Å². The summed E-state index contributed by atoms with van der Waals surface area (Å²) in [6, 6.07) is 18.3. The molecule has 41 heavy (non-hydrogen) atoms. The van der Waals surface area contributed by atoms with Gasteiger partial charge in [-0.15, -0.1) is 0 Å². The highest BCUT2D eigenvalue weighted by atomic mass is 35.5. The Morgan fingerprint density at radius 1 is 1.02 bits per heavy atom. The summed E-state index contributed by atoms with van der Waals surface area (Å²) in [5.74, 6) is -1.28. The molecule has 0 bridgehead atoms. The zero-order valence-corrected chi connectivity index (χ0v) is 24.2. The molecule has 1 aliphatic heterocycles. The first kappa shape index (κ1) is 31.1. The van der Waals surface area contributed by atoms with Crippen LogP contribution in [0.3, 0.4) is 0 Å². The number of halogens is 1. The highest BCUT2D eigenvalue weighted by Gasteiger charge is 2.55. The van der Waals surface area contributed by atoms with Gasteiger partial charge in [-0.25, -0.2) is 0 Å². The van der Waals surface area contributed by atoms with E-state index in [2.05, 4.69) is 6.58 Å². The lowest BCUT2D eigenvalue weighted by atomic mass is 9.87. The Morgan fingerprint density at radius 2 is 1.71 bits per heavy atom. The molecule has 1 aliphatic rings. The van der Waals surface area contributed by atoms with E-state index in [0.717, 1.165) is 11.1 Å². The third-order valence-electron chi connectivity index (χ3n) is 6.90. The van der Waals surface area contributed by atoms with Crippen LogP contribution in [0.2, 0.25) is 5.02 Å². The van der Waals surface area contributed by atoms with Crippen LogP contribution in [-0.2, 0) is 36.0 Å². The molecule has 1 fully saturated rings. The smallest absolute Gasteiger partial charge is 0.297 e. The third-order valence-corrected chi connectivity index (χ3v) is 8.57. The molecule has 5 atom stereocenters. The Morgan fingerprint density at radius 3 is 2.34 bits per heavy atom. The van der Waals surface area contributed by atoms with Crippen LogP contribution in [0.5, 0.6) is 5.75 Å². The molecule has 5 unspecified atom stereocenters. The molecule has 0 radical (unpaired) electrons. The number of aliphatic hydroxyl groups is 3. The average molecular weight is 605 g/mol. The Kier molecular flexibility index (Phi) is 9.89. The van der Waals surface area contributed by atoms with Crippen molar-refractivity contribution in [2.24, 2.45) is 0 Å². The molecule has 3 aromatic rings. The maximum Gasteiger partial charge on any atom is 0.297 e. The summed E-state index contributed by atoms with van der Waals surface area (Å²) < 4.78 is 47.8. The van der Waals surface area contributed by atoms with Crippen molar-refractivity contribution >= 4 is 21.7 Å². The number of hydrogen-bond acceptors (Lipinski definition) is 9. The van der Waals surface area contributed by atoms with Crippen molar-refractivity contribution in [3.05, 3.63) is 107 Å². The van der Waals surface area contributed by atoms with Gasteiger partial charge in [-0.3, -0.25) is 4.18 Å².